The van der Waals surface area contributed by atoms with Crippen molar-refractivity contribution in [3.05, 3.63) is 30.4 Å². The third-order valence-electron chi connectivity index (χ3n) is 4.20. The molecule has 0 unspecified atom stereocenters. The predicted molar refractivity (Wildman–Crippen MR) is 88.8 cm³/mol. The zero-order valence-electron chi connectivity index (χ0n) is 13.9. The molecule has 7 heteroatoms. The maximum atomic E-state index is 5.15. The Hall–Kier alpha value is -2.15. The lowest BCUT2D eigenvalue weighted by atomic mass is 10.2. The average molecular weight is 316 g/mol. The zero-order valence-corrected chi connectivity index (χ0v) is 13.9. The molecular weight excluding hydrogens is 292 g/mol. The maximum Gasteiger partial charge on any atom is 0.233 e. The van der Waals surface area contributed by atoms with E-state index in [9.17, 15) is 0 Å². The number of hydrogen-bond donors (Lipinski definition) is 0. The van der Waals surface area contributed by atoms with Crippen LogP contribution in [0.5, 0.6) is 5.88 Å². The van der Waals surface area contributed by atoms with Crippen LogP contribution in [0.3, 0.4) is 0 Å². The number of ether oxygens (including phenoxy) is 1. The van der Waals surface area contributed by atoms with E-state index < -0.39 is 0 Å². The van der Waals surface area contributed by atoms with Gasteiger partial charge in [0.15, 0.2) is 5.82 Å². The van der Waals surface area contributed by atoms with Crippen LogP contribution in [-0.4, -0.2) is 64.5 Å². The molecule has 1 saturated heterocycles. The Balaban J connectivity index is 1.43. The van der Waals surface area contributed by atoms with E-state index in [1.807, 2.05) is 17.9 Å². The molecule has 124 valence electrons. The van der Waals surface area contributed by atoms with Crippen LogP contribution in [0.4, 0.5) is 5.82 Å². The minimum absolute atomic E-state index is 0.571. The van der Waals surface area contributed by atoms with Crippen LogP contribution in [-0.2, 0) is 13.5 Å². The van der Waals surface area contributed by atoms with Crippen LogP contribution in [0.15, 0.2) is 24.8 Å². The highest BCUT2D eigenvalue weighted by Crippen LogP contribution is 2.16. The Morgan fingerprint density at radius 3 is 2.65 bits per heavy atom. The SMILES string of the molecule is COc1cncc(N2CCN(CCCc3cnn(C)c3)CC2)n1. The first-order valence-corrected chi connectivity index (χ1v) is 8.05. The standard InChI is InChI=1S/C16H24N6O/c1-20-13-14(10-18-20)4-3-5-21-6-8-22(9-7-21)15-11-17-12-16(19-15)23-2/h10-13H,3-9H2,1-2H3. The Morgan fingerprint density at radius 2 is 1.96 bits per heavy atom. The molecule has 0 aliphatic carbocycles. The molecule has 7 nitrogen and oxygen atoms in total. The van der Waals surface area contributed by atoms with Gasteiger partial charge >= 0.3 is 0 Å². The number of rotatable bonds is 6. The molecule has 23 heavy (non-hydrogen) atoms. The Labute approximate surface area is 136 Å². The summed E-state index contributed by atoms with van der Waals surface area (Å²) in [7, 11) is 3.58. The summed E-state index contributed by atoms with van der Waals surface area (Å²) in [4.78, 5) is 13.4. The number of hydrogen-bond acceptors (Lipinski definition) is 6. The van der Waals surface area contributed by atoms with Crippen LogP contribution in [0.2, 0.25) is 0 Å². The van der Waals surface area contributed by atoms with Crippen molar-refractivity contribution in [2.45, 2.75) is 12.8 Å². The first-order chi connectivity index (χ1) is 11.2. The van der Waals surface area contributed by atoms with Crippen molar-refractivity contribution in [1.82, 2.24) is 24.6 Å². The summed E-state index contributed by atoms with van der Waals surface area (Å²) in [5.74, 6) is 1.47. The van der Waals surface area contributed by atoms with Crippen molar-refractivity contribution in [3.63, 3.8) is 0 Å². The number of anilines is 1. The summed E-state index contributed by atoms with van der Waals surface area (Å²) in [6.07, 6.45) is 9.76. The van der Waals surface area contributed by atoms with Crippen molar-refractivity contribution in [3.8, 4) is 5.88 Å². The van der Waals surface area contributed by atoms with E-state index in [1.165, 1.54) is 12.0 Å². The summed E-state index contributed by atoms with van der Waals surface area (Å²) in [6.45, 7) is 5.22. The number of aryl methyl sites for hydroxylation is 2. The minimum Gasteiger partial charge on any atom is -0.480 e. The second kappa shape index (κ2) is 7.41. The molecule has 0 atom stereocenters. The van der Waals surface area contributed by atoms with E-state index in [1.54, 1.807) is 19.5 Å². The van der Waals surface area contributed by atoms with Crippen molar-refractivity contribution in [2.24, 2.45) is 7.05 Å². The molecule has 0 N–H and O–H groups in total. The Kier molecular flexibility index (Phi) is 5.07. The molecule has 3 rings (SSSR count). The molecule has 3 heterocycles. The number of methoxy groups -OCH3 is 1. The number of aromatic nitrogens is 4. The molecule has 0 bridgehead atoms. The second-order valence-corrected chi connectivity index (χ2v) is 5.87. The van der Waals surface area contributed by atoms with Gasteiger partial charge in [-0.15, -0.1) is 0 Å². The smallest absolute Gasteiger partial charge is 0.233 e. The largest absolute Gasteiger partial charge is 0.480 e. The van der Waals surface area contributed by atoms with Gasteiger partial charge in [0.05, 0.1) is 25.7 Å². The van der Waals surface area contributed by atoms with E-state index in [-0.39, 0.29) is 0 Å². The molecule has 0 radical (unpaired) electrons. The molecular formula is C16H24N6O. The van der Waals surface area contributed by atoms with Gasteiger partial charge in [-0.3, -0.25) is 14.6 Å². The summed E-state index contributed by atoms with van der Waals surface area (Å²) in [5, 5.41) is 4.21. The van der Waals surface area contributed by atoms with E-state index in [0.29, 0.717) is 5.88 Å². The molecule has 0 saturated carbocycles. The first kappa shape index (κ1) is 15.7. The average Bonchev–Trinajstić information content (AvgIpc) is 3.01. The normalized spacial score (nSPS) is 15.8. The Bertz CT molecular complexity index is 621. The minimum atomic E-state index is 0.571. The molecule has 2 aromatic rings. The van der Waals surface area contributed by atoms with E-state index >= 15 is 0 Å². The van der Waals surface area contributed by atoms with Crippen LogP contribution < -0.4 is 9.64 Å². The van der Waals surface area contributed by atoms with Gasteiger partial charge in [0.25, 0.3) is 0 Å². The maximum absolute atomic E-state index is 5.15. The van der Waals surface area contributed by atoms with E-state index in [4.69, 9.17) is 4.74 Å². The van der Waals surface area contributed by atoms with Gasteiger partial charge in [0.1, 0.15) is 0 Å². The fraction of sp³-hybridized carbons (Fsp3) is 0.562. The molecule has 0 amide bonds. The lowest BCUT2D eigenvalue weighted by molar-refractivity contribution is 0.254. The number of piperazine rings is 1. The summed E-state index contributed by atoms with van der Waals surface area (Å²) < 4.78 is 7.01. The van der Waals surface area contributed by atoms with Gasteiger partial charge in [0, 0.05) is 39.4 Å². The lowest BCUT2D eigenvalue weighted by Gasteiger charge is -2.35. The third kappa shape index (κ3) is 4.19. The van der Waals surface area contributed by atoms with E-state index in [0.717, 1.165) is 45.0 Å². The number of nitrogens with zero attached hydrogens (tertiary/aromatic N) is 6. The topological polar surface area (TPSA) is 59.3 Å². The van der Waals surface area contributed by atoms with E-state index in [2.05, 4.69) is 31.1 Å². The molecule has 1 aliphatic rings. The molecule has 0 aromatic carbocycles. The molecule has 1 aliphatic heterocycles. The van der Waals surface area contributed by atoms with Crippen molar-refractivity contribution < 1.29 is 4.74 Å². The van der Waals surface area contributed by atoms with Crippen molar-refractivity contribution in [2.75, 3.05) is 44.7 Å². The van der Waals surface area contributed by atoms with Gasteiger partial charge in [-0.2, -0.15) is 10.1 Å². The van der Waals surface area contributed by atoms with Crippen molar-refractivity contribution >= 4 is 5.82 Å². The monoisotopic (exact) mass is 316 g/mol. The fourth-order valence-electron chi connectivity index (χ4n) is 2.90. The first-order valence-electron chi connectivity index (χ1n) is 8.05. The lowest BCUT2D eigenvalue weighted by Crippen LogP contribution is -2.47. The van der Waals surface area contributed by atoms with Gasteiger partial charge in [-0.05, 0) is 24.9 Å². The van der Waals surface area contributed by atoms with Crippen LogP contribution in [0.25, 0.3) is 0 Å². The van der Waals surface area contributed by atoms with Crippen LogP contribution in [0.1, 0.15) is 12.0 Å². The fourth-order valence-corrected chi connectivity index (χ4v) is 2.90. The quantitative estimate of drug-likeness (QED) is 0.791. The van der Waals surface area contributed by atoms with Gasteiger partial charge < -0.3 is 9.64 Å². The molecule has 1 fully saturated rings. The Morgan fingerprint density at radius 1 is 1.13 bits per heavy atom. The molecule has 2 aromatic heterocycles. The highest BCUT2D eigenvalue weighted by molar-refractivity contribution is 5.38. The second-order valence-electron chi connectivity index (χ2n) is 5.87. The summed E-state index contributed by atoms with van der Waals surface area (Å²) in [5.41, 5.74) is 1.32. The van der Waals surface area contributed by atoms with Gasteiger partial charge in [-0.1, -0.05) is 0 Å². The predicted octanol–water partition coefficient (Wildman–Crippen LogP) is 0.973. The summed E-state index contributed by atoms with van der Waals surface area (Å²) in [6, 6.07) is 0. The summed E-state index contributed by atoms with van der Waals surface area (Å²) >= 11 is 0. The molecule has 0 spiro atoms. The zero-order chi connectivity index (χ0) is 16.1. The van der Waals surface area contributed by atoms with Gasteiger partial charge in [0.2, 0.25) is 5.88 Å². The highest BCUT2D eigenvalue weighted by Gasteiger charge is 2.18. The van der Waals surface area contributed by atoms with Crippen LogP contribution in [0, 0.1) is 0 Å². The highest BCUT2D eigenvalue weighted by atomic mass is 16.5. The third-order valence-corrected chi connectivity index (χ3v) is 4.20. The van der Waals surface area contributed by atoms with Gasteiger partial charge in [-0.25, -0.2) is 0 Å². The van der Waals surface area contributed by atoms with Crippen molar-refractivity contribution in [1.29, 1.82) is 0 Å². The van der Waals surface area contributed by atoms with Crippen LogP contribution >= 0.6 is 0 Å².